The van der Waals surface area contributed by atoms with Crippen molar-refractivity contribution in [2.45, 2.75) is 34.2 Å². The van der Waals surface area contributed by atoms with Gasteiger partial charge < -0.3 is 10.1 Å². The second-order valence-electron chi connectivity index (χ2n) is 6.32. The van der Waals surface area contributed by atoms with Gasteiger partial charge in [-0.25, -0.2) is 4.79 Å². The number of amides is 1. The molecule has 1 aromatic carbocycles. The third-order valence-corrected chi connectivity index (χ3v) is 3.83. The first-order valence-corrected chi connectivity index (χ1v) is 8.42. The number of hydrogen-bond donors (Lipinski definition) is 1. The number of hydrogen-bond acceptors (Lipinski definition) is 4. The van der Waals surface area contributed by atoms with Gasteiger partial charge in [0.1, 0.15) is 10.7 Å². The summed E-state index contributed by atoms with van der Waals surface area (Å²) in [4.78, 5) is 24.2. The van der Waals surface area contributed by atoms with E-state index in [-0.39, 0.29) is 10.7 Å². The van der Waals surface area contributed by atoms with Crippen LogP contribution in [0.5, 0.6) is 0 Å². The van der Waals surface area contributed by atoms with Crippen molar-refractivity contribution in [2.75, 3.05) is 11.9 Å². The topological polar surface area (TPSA) is 73.2 Å². The number of nitrogens with zero attached hydrogens (tertiary/aromatic N) is 2. The number of nitrogens with one attached hydrogen (secondary N) is 1. The van der Waals surface area contributed by atoms with Crippen LogP contribution in [0.2, 0.25) is 5.15 Å². The van der Waals surface area contributed by atoms with Crippen LogP contribution in [0.1, 0.15) is 35.5 Å². The quantitative estimate of drug-likeness (QED) is 0.796. The fourth-order valence-corrected chi connectivity index (χ4v) is 2.70. The number of carbonyl (C=O) groups is 2. The first-order valence-electron chi connectivity index (χ1n) is 8.04. The number of halogens is 1. The van der Waals surface area contributed by atoms with E-state index in [1.54, 1.807) is 17.7 Å². The van der Waals surface area contributed by atoms with Crippen molar-refractivity contribution in [3.8, 4) is 0 Å². The predicted molar refractivity (Wildman–Crippen MR) is 96.9 cm³/mol. The lowest BCUT2D eigenvalue weighted by Crippen LogP contribution is -2.21. The molecule has 0 radical (unpaired) electrons. The molecule has 25 heavy (non-hydrogen) atoms. The average molecular weight is 364 g/mol. The number of esters is 1. The lowest BCUT2D eigenvalue weighted by molar-refractivity contribution is -0.119. The zero-order chi connectivity index (χ0) is 18.6. The predicted octanol–water partition coefficient (Wildman–Crippen LogP) is 3.60. The Bertz CT molecular complexity index is 784. The third-order valence-electron chi connectivity index (χ3n) is 3.44. The first kappa shape index (κ1) is 19.0. The summed E-state index contributed by atoms with van der Waals surface area (Å²) in [5, 5.41) is 7.17. The molecule has 2 aromatic rings. The minimum Gasteiger partial charge on any atom is -0.452 e. The van der Waals surface area contributed by atoms with E-state index in [4.69, 9.17) is 16.3 Å². The zero-order valence-electron chi connectivity index (χ0n) is 14.8. The third kappa shape index (κ3) is 5.06. The highest BCUT2D eigenvalue weighted by Crippen LogP contribution is 2.21. The molecule has 1 aromatic heterocycles. The molecule has 0 unspecified atom stereocenters. The number of ether oxygens (including phenoxy) is 1. The molecule has 7 heteroatoms. The van der Waals surface area contributed by atoms with Gasteiger partial charge in [-0.15, -0.1) is 0 Å². The molecule has 0 saturated heterocycles. The van der Waals surface area contributed by atoms with Gasteiger partial charge in [-0.2, -0.15) is 5.10 Å². The number of carbonyl (C=O) groups excluding carboxylic acids is 2. The highest BCUT2D eigenvalue weighted by Gasteiger charge is 2.22. The lowest BCUT2D eigenvalue weighted by Gasteiger charge is -2.08. The standard InChI is InChI=1S/C18H22ClN3O3/c1-11(2)9-22-17(19)16(13(4)21-22)18(24)25-10-15(23)20-14-7-5-6-12(3)8-14/h5-8,11H,9-10H2,1-4H3,(H,20,23). The molecule has 0 saturated carbocycles. The Morgan fingerprint density at radius 2 is 2.04 bits per heavy atom. The number of rotatable bonds is 6. The second kappa shape index (κ2) is 8.16. The van der Waals surface area contributed by atoms with Crippen LogP contribution in [0.3, 0.4) is 0 Å². The number of benzene rings is 1. The molecule has 1 N–H and O–H groups in total. The fraction of sp³-hybridized carbons (Fsp3) is 0.389. The summed E-state index contributed by atoms with van der Waals surface area (Å²) >= 11 is 6.23. The van der Waals surface area contributed by atoms with Crippen LogP contribution in [0.4, 0.5) is 5.69 Å². The summed E-state index contributed by atoms with van der Waals surface area (Å²) < 4.78 is 6.66. The molecule has 0 aliphatic carbocycles. The van der Waals surface area contributed by atoms with Crippen molar-refractivity contribution in [2.24, 2.45) is 5.92 Å². The Balaban J connectivity index is 1.98. The van der Waals surface area contributed by atoms with E-state index in [1.165, 1.54) is 0 Å². The number of aromatic nitrogens is 2. The summed E-state index contributed by atoms with van der Waals surface area (Å²) in [5.41, 5.74) is 2.36. The van der Waals surface area contributed by atoms with E-state index >= 15 is 0 Å². The van der Waals surface area contributed by atoms with E-state index in [2.05, 4.69) is 10.4 Å². The van der Waals surface area contributed by atoms with Crippen LogP contribution in [0.25, 0.3) is 0 Å². The molecule has 0 aliphatic rings. The van der Waals surface area contributed by atoms with Crippen LogP contribution in [0, 0.1) is 19.8 Å². The fourth-order valence-electron chi connectivity index (χ4n) is 2.38. The second-order valence-corrected chi connectivity index (χ2v) is 6.68. The Morgan fingerprint density at radius 1 is 1.32 bits per heavy atom. The van der Waals surface area contributed by atoms with E-state index in [1.807, 2.05) is 39.0 Å². The van der Waals surface area contributed by atoms with Gasteiger partial charge >= 0.3 is 5.97 Å². The zero-order valence-corrected chi connectivity index (χ0v) is 15.6. The molecule has 0 atom stereocenters. The number of aryl methyl sites for hydroxylation is 2. The van der Waals surface area contributed by atoms with Crippen LogP contribution >= 0.6 is 11.6 Å². The highest BCUT2D eigenvalue weighted by molar-refractivity contribution is 6.32. The molecule has 1 heterocycles. The van der Waals surface area contributed by atoms with Crippen molar-refractivity contribution >= 4 is 29.2 Å². The van der Waals surface area contributed by atoms with Gasteiger partial charge in [0.05, 0.1) is 5.69 Å². The maximum Gasteiger partial charge on any atom is 0.343 e. The minimum atomic E-state index is -0.656. The van der Waals surface area contributed by atoms with E-state index in [9.17, 15) is 9.59 Å². The molecule has 134 valence electrons. The van der Waals surface area contributed by atoms with Gasteiger partial charge in [-0.3, -0.25) is 9.48 Å². The molecule has 6 nitrogen and oxygen atoms in total. The van der Waals surface area contributed by atoms with Gasteiger partial charge in [0.15, 0.2) is 6.61 Å². The summed E-state index contributed by atoms with van der Waals surface area (Å²) in [5.74, 6) is -0.736. The van der Waals surface area contributed by atoms with E-state index < -0.39 is 18.5 Å². The highest BCUT2D eigenvalue weighted by atomic mass is 35.5. The van der Waals surface area contributed by atoms with Crippen LogP contribution < -0.4 is 5.32 Å². The van der Waals surface area contributed by atoms with Crippen molar-refractivity contribution in [3.05, 3.63) is 46.2 Å². The summed E-state index contributed by atoms with van der Waals surface area (Å²) in [6.45, 7) is 7.88. The van der Waals surface area contributed by atoms with E-state index in [0.717, 1.165) is 5.56 Å². The van der Waals surface area contributed by atoms with Gasteiger partial charge in [0, 0.05) is 12.2 Å². The van der Waals surface area contributed by atoms with Gasteiger partial charge in [0.2, 0.25) is 0 Å². The molecule has 2 rings (SSSR count). The molecule has 0 aliphatic heterocycles. The largest absolute Gasteiger partial charge is 0.452 e. The Hall–Kier alpha value is -2.34. The molecular weight excluding hydrogens is 342 g/mol. The summed E-state index contributed by atoms with van der Waals surface area (Å²) in [7, 11) is 0. The van der Waals surface area contributed by atoms with Crippen molar-refractivity contribution in [1.82, 2.24) is 9.78 Å². The molecule has 0 fully saturated rings. The molecule has 1 amide bonds. The smallest absolute Gasteiger partial charge is 0.343 e. The normalized spacial score (nSPS) is 10.8. The monoisotopic (exact) mass is 363 g/mol. The SMILES string of the molecule is Cc1cccc(NC(=O)COC(=O)c2c(C)nn(CC(C)C)c2Cl)c1. The van der Waals surface area contributed by atoms with E-state index in [0.29, 0.717) is 23.8 Å². The van der Waals surface area contributed by atoms with Gasteiger partial charge in [-0.05, 0) is 37.5 Å². The Labute approximate surface area is 152 Å². The average Bonchev–Trinajstić information content (AvgIpc) is 2.78. The molecule has 0 bridgehead atoms. The summed E-state index contributed by atoms with van der Waals surface area (Å²) in [6, 6.07) is 7.36. The summed E-state index contributed by atoms with van der Waals surface area (Å²) in [6.07, 6.45) is 0. The molecular formula is C18H22ClN3O3. The van der Waals surface area contributed by atoms with Crippen molar-refractivity contribution in [1.29, 1.82) is 0 Å². The van der Waals surface area contributed by atoms with Crippen molar-refractivity contribution in [3.63, 3.8) is 0 Å². The van der Waals surface area contributed by atoms with Crippen LogP contribution in [0.15, 0.2) is 24.3 Å². The van der Waals surface area contributed by atoms with Crippen molar-refractivity contribution < 1.29 is 14.3 Å². The van der Waals surface area contributed by atoms with Gasteiger partial charge in [0.25, 0.3) is 5.91 Å². The maximum absolute atomic E-state index is 12.3. The maximum atomic E-state index is 12.3. The van der Waals surface area contributed by atoms with Crippen LogP contribution in [-0.4, -0.2) is 28.3 Å². The molecule has 0 spiro atoms. The number of anilines is 1. The van der Waals surface area contributed by atoms with Crippen LogP contribution in [-0.2, 0) is 16.1 Å². The lowest BCUT2D eigenvalue weighted by atomic mass is 10.2. The van der Waals surface area contributed by atoms with Gasteiger partial charge in [-0.1, -0.05) is 37.6 Å². The first-order chi connectivity index (χ1) is 11.8. The minimum absolute atomic E-state index is 0.200. The Kier molecular flexibility index (Phi) is 6.20. The Morgan fingerprint density at radius 3 is 2.68 bits per heavy atom.